The van der Waals surface area contributed by atoms with Gasteiger partial charge in [-0.2, -0.15) is 0 Å². The number of carbonyl (C=O) groups is 2. The van der Waals surface area contributed by atoms with Crippen LogP contribution >= 0.6 is 0 Å². The minimum absolute atomic E-state index is 0.0351. The lowest BCUT2D eigenvalue weighted by atomic mass is 10.1. The van der Waals surface area contributed by atoms with Gasteiger partial charge in [-0.25, -0.2) is 8.42 Å². The standard InChI is InChI=1S/C32H41N3O6S/c1-7-28(32(37)33-20-23(2)3)34(21-25-11-10-12-26(19-25)40-5)31(36)22-35(29-13-8-9-14-30(29)41-6)42(38,39)27-17-15-24(4)16-18-27/h8-19,23,28H,7,20-22H2,1-6H3,(H,33,37)/t28-/m1/s1. The van der Waals surface area contributed by atoms with Gasteiger partial charge in [0.05, 0.1) is 24.8 Å². The third-order valence-electron chi connectivity index (χ3n) is 6.80. The first-order chi connectivity index (χ1) is 20.0. The summed E-state index contributed by atoms with van der Waals surface area (Å²) in [6, 6.07) is 19.5. The summed E-state index contributed by atoms with van der Waals surface area (Å²) in [7, 11) is -1.21. The fourth-order valence-corrected chi connectivity index (χ4v) is 5.92. The fraction of sp³-hybridized carbons (Fsp3) is 0.375. The van der Waals surface area contributed by atoms with E-state index in [2.05, 4.69) is 5.32 Å². The largest absolute Gasteiger partial charge is 0.497 e. The van der Waals surface area contributed by atoms with Gasteiger partial charge in [0.1, 0.15) is 24.1 Å². The Labute approximate surface area is 249 Å². The van der Waals surface area contributed by atoms with Gasteiger partial charge in [-0.15, -0.1) is 0 Å². The summed E-state index contributed by atoms with van der Waals surface area (Å²) in [6.45, 7) is 7.65. The SMILES string of the molecule is CC[C@H](C(=O)NCC(C)C)N(Cc1cccc(OC)c1)C(=O)CN(c1ccccc1OC)S(=O)(=O)c1ccc(C)cc1. The number of benzene rings is 3. The summed E-state index contributed by atoms with van der Waals surface area (Å²) < 4.78 is 40.0. The van der Waals surface area contributed by atoms with E-state index < -0.39 is 28.5 Å². The summed E-state index contributed by atoms with van der Waals surface area (Å²) in [5.74, 6) is 0.283. The van der Waals surface area contributed by atoms with Crippen molar-refractivity contribution < 1.29 is 27.5 Å². The Bertz CT molecular complexity index is 1460. The van der Waals surface area contributed by atoms with Crippen molar-refractivity contribution >= 4 is 27.5 Å². The van der Waals surface area contributed by atoms with Gasteiger partial charge in [0.15, 0.2) is 0 Å². The van der Waals surface area contributed by atoms with E-state index in [1.165, 1.54) is 24.1 Å². The Balaban J connectivity index is 2.09. The number of hydrogen-bond donors (Lipinski definition) is 1. The van der Waals surface area contributed by atoms with Gasteiger partial charge in [-0.1, -0.05) is 62.7 Å². The van der Waals surface area contributed by atoms with Crippen molar-refractivity contribution in [3.8, 4) is 11.5 Å². The second-order valence-corrected chi connectivity index (χ2v) is 12.3. The first kappa shape index (κ1) is 32.5. The molecule has 226 valence electrons. The van der Waals surface area contributed by atoms with Crippen molar-refractivity contribution in [2.45, 2.75) is 51.6 Å². The van der Waals surface area contributed by atoms with Crippen LogP contribution in [0.2, 0.25) is 0 Å². The van der Waals surface area contributed by atoms with Gasteiger partial charge in [0.2, 0.25) is 11.8 Å². The third-order valence-corrected chi connectivity index (χ3v) is 8.57. The number of rotatable bonds is 14. The first-order valence-corrected chi connectivity index (χ1v) is 15.4. The van der Waals surface area contributed by atoms with Crippen LogP contribution in [0, 0.1) is 12.8 Å². The number of para-hydroxylation sites is 2. The molecule has 0 aliphatic heterocycles. The zero-order chi connectivity index (χ0) is 30.9. The summed E-state index contributed by atoms with van der Waals surface area (Å²) >= 11 is 0. The highest BCUT2D eigenvalue weighted by Gasteiger charge is 2.34. The molecule has 0 radical (unpaired) electrons. The van der Waals surface area contributed by atoms with Crippen LogP contribution in [0.5, 0.6) is 11.5 Å². The van der Waals surface area contributed by atoms with Crippen molar-refractivity contribution in [3.63, 3.8) is 0 Å². The second kappa shape index (κ2) is 14.7. The molecule has 0 aromatic heterocycles. The van der Waals surface area contributed by atoms with Gasteiger partial charge < -0.3 is 19.7 Å². The summed E-state index contributed by atoms with van der Waals surface area (Å²) in [5, 5.41) is 2.93. The molecule has 1 atom stereocenters. The third kappa shape index (κ3) is 8.03. The van der Waals surface area contributed by atoms with Crippen LogP contribution < -0.4 is 19.1 Å². The molecule has 0 spiro atoms. The summed E-state index contributed by atoms with van der Waals surface area (Å²) in [5.41, 5.74) is 1.85. The van der Waals surface area contributed by atoms with E-state index in [4.69, 9.17) is 9.47 Å². The molecule has 42 heavy (non-hydrogen) atoms. The number of sulfonamides is 1. The molecule has 0 aliphatic carbocycles. The lowest BCUT2D eigenvalue weighted by Gasteiger charge is -2.33. The van der Waals surface area contributed by atoms with Crippen molar-refractivity contribution in [2.24, 2.45) is 5.92 Å². The predicted octanol–water partition coefficient (Wildman–Crippen LogP) is 4.79. The Morgan fingerprint density at radius 3 is 2.24 bits per heavy atom. The average Bonchev–Trinajstić information content (AvgIpc) is 2.98. The maximum Gasteiger partial charge on any atom is 0.264 e. The number of ether oxygens (including phenoxy) is 2. The van der Waals surface area contributed by atoms with Gasteiger partial charge >= 0.3 is 0 Å². The monoisotopic (exact) mass is 595 g/mol. The molecule has 10 heteroatoms. The van der Waals surface area contributed by atoms with Gasteiger partial charge in [0, 0.05) is 13.1 Å². The molecule has 0 bridgehead atoms. The van der Waals surface area contributed by atoms with Crippen LogP contribution in [0.15, 0.2) is 77.7 Å². The van der Waals surface area contributed by atoms with E-state index in [1.807, 2.05) is 33.8 Å². The zero-order valence-corrected chi connectivity index (χ0v) is 26.0. The molecule has 1 N–H and O–H groups in total. The first-order valence-electron chi connectivity index (χ1n) is 13.9. The molecule has 0 saturated heterocycles. The van der Waals surface area contributed by atoms with E-state index in [0.29, 0.717) is 24.5 Å². The number of anilines is 1. The lowest BCUT2D eigenvalue weighted by Crippen LogP contribution is -2.52. The topological polar surface area (TPSA) is 105 Å². The Hall–Kier alpha value is -4.05. The number of aryl methyl sites for hydroxylation is 1. The van der Waals surface area contributed by atoms with E-state index >= 15 is 0 Å². The van der Waals surface area contributed by atoms with Crippen LogP contribution in [0.4, 0.5) is 5.69 Å². The van der Waals surface area contributed by atoms with Gasteiger partial charge in [-0.3, -0.25) is 13.9 Å². The highest BCUT2D eigenvalue weighted by atomic mass is 32.2. The summed E-state index contributed by atoms with van der Waals surface area (Å²) in [4.78, 5) is 29.1. The van der Waals surface area contributed by atoms with Gasteiger partial charge in [-0.05, 0) is 61.2 Å². The maximum absolute atomic E-state index is 14.2. The normalized spacial score (nSPS) is 12.0. The van der Waals surface area contributed by atoms with Crippen LogP contribution in [-0.4, -0.2) is 58.5 Å². The predicted molar refractivity (Wildman–Crippen MR) is 164 cm³/mol. The second-order valence-electron chi connectivity index (χ2n) is 10.4. The van der Waals surface area contributed by atoms with Crippen LogP contribution in [0.25, 0.3) is 0 Å². The highest BCUT2D eigenvalue weighted by molar-refractivity contribution is 7.92. The maximum atomic E-state index is 14.2. The van der Waals surface area contributed by atoms with Gasteiger partial charge in [0.25, 0.3) is 10.0 Å². The minimum atomic E-state index is -4.20. The minimum Gasteiger partial charge on any atom is -0.497 e. The Morgan fingerprint density at radius 1 is 0.929 bits per heavy atom. The van der Waals surface area contributed by atoms with E-state index in [0.717, 1.165) is 15.4 Å². The Morgan fingerprint density at radius 2 is 1.62 bits per heavy atom. The number of carbonyl (C=O) groups excluding carboxylic acids is 2. The molecule has 0 fully saturated rings. The average molecular weight is 596 g/mol. The zero-order valence-electron chi connectivity index (χ0n) is 25.2. The smallest absolute Gasteiger partial charge is 0.264 e. The molecule has 0 heterocycles. The molecule has 2 amide bonds. The molecule has 0 saturated carbocycles. The van der Waals surface area contributed by atoms with Crippen LogP contribution in [0.3, 0.4) is 0 Å². The Kier molecular flexibility index (Phi) is 11.4. The molecule has 3 aromatic carbocycles. The van der Waals surface area contributed by atoms with Crippen LogP contribution in [-0.2, 0) is 26.2 Å². The molecule has 0 unspecified atom stereocenters. The molecule has 3 rings (SSSR count). The van der Waals surface area contributed by atoms with Crippen molar-refractivity contribution in [3.05, 3.63) is 83.9 Å². The molecular formula is C32H41N3O6S. The van der Waals surface area contributed by atoms with Crippen LogP contribution in [0.1, 0.15) is 38.3 Å². The van der Waals surface area contributed by atoms with E-state index in [-0.39, 0.29) is 29.0 Å². The molecule has 0 aliphatic rings. The quantitative estimate of drug-likeness (QED) is 0.288. The lowest BCUT2D eigenvalue weighted by molar-refractivity contribution is -0.140. The van der Waals surface area contributed by atoms with E-state index in [9.17, 15) is 18.0 Å². The molecular weight excluding hydrogens is 554 g/mol. The highest BCUT2D eigenvalue weighted by Crippen LogP contribution is 2.32. The number of hydrogen-bond acceptors (Lipinski definition) is 6. The number of nitrogens with zero attached hydrogens (tertiary/aromatic N) is 2. The summed E-state index contributed by atoms with van der Waals surface area (Å²) in [6.07, 6.45) is 0.332. The van der Waals surface area contributed by atoms with E-state index in [1.54, 1.807) is 61.7 Å². The van der Waals surface area contributed by atoms with Crippen molar-refractivity contribution in [1.82, 2.24) is 10.2 Å². The number of methoxy groups -OCH3 is 2. The number of nitrogens with one attached hydrogen (secondary N) is 1. The molecule has 3 aromatic rings. The van der Waals surface area contributed by atoms with Crippen molar-refractivity contribution in [1.29, 1.82) is 0 Å². The van der Waals surface area contributed by atoms with Crippen molar-refractivity contribution in [2.75, 3.05) is 31.6 Å². The number of amides is 2. The molecule has 9 nitrogen and oxygen atoms in total. The fourth-order valence-electron chi connectivity index (χ4n) is 4.50.